The summed E-state index contributed by atoms with van der Waals surface area (Å²) in [5.74, 6) is 5.63. The number of nitrogens with zero attached hydrogens (tertiary/aromatic N) is 4. The van der Waals surface area contributed by atoms with Crippen molar-refractivity contribution in [2.24, 2.45) is 23.7 Å². The summed E-state index contributed by atoms with van der Waals surface area (Å²) in [6.45, 7) is 7.63. The second kappa shape index (κ2) is 13.6. The SMILES string of the molecule is Cc1cc(C2(c3ccnc(-n4c5ccccc5c5ccc(Oc6cccc(N7CN(c8ccccc8)c8ccccc87)c6)cc54)c3)C3CC4CC(C3)CC2C4)cc(C)c1C. The molecule has 3 heterocycles. The van der Waals surface area contributed by atoms with Gasteiger partial charge in [-0.1, -0.05) is 66.7 Å². The largest absolute Gasteiger partial charge is 0.457 e. The van der Waals surface area contributed by atoms with Crippen LogP contribution in [-0.4, -0.2) is 16.2 Å². The Bertz CT molecular complexity index is 2910. The van der Waals surface area contributed by atoms with Gasteiger partial charge in [-0.2, -0.15) is 0 Å². The third kappa shape index (κ3) is 5.40. The molecule has 0 amide bonds. The zero-order valence-electron chi connectivity index (χ0n) is 34.7. The van der Waals surface area contributed by atoms with Crippen LogP contribution in [0, 0.1) is 44.4 Å². The molecule has 2 aromatic heterocycles. The molecule has 6 aromatic carbocycles. The van der Waals surface area contributed by atoms with Crippen LogP contribution >= 0.6 is 0 Å². The predicted molar refractivity (Wildman–Crippen MR) is 246 cm³/mol. The molecule has 4 fully saturated rings. The van der Waals surface area contributed by atoms with Crippen LogP contribution in [-0.2, 0) is 5.41 Å². The fourth-order valence-corrected chi connectivity index (χ4v) is 12.5. The molecule has 8 aromatic rings. The number of hydrogen-bond acceptors (Lipinski definition) is 4. The highest BCUT2D eigenvalue weighted by Gasteiger charge is 2.58. The lowest BCUT2D eigenvalue weighted by Gasteiger charge is -2.62. The van der Waals surface area contributed by atoms with E-state index in [1.54, 1.807) is 0 Å². The van der Waals surface area contributed by atoms with Crippen molar-refractivity contribution in [1.29, 1.82) is 0 Å². The molecule has 296 valence electrons. The maximum atomic E-state index is 6.79. The number of aryl methyl sites for hydroxylation is 2. The van der Waals surface area contributed by atoms with Crippen molar-refractivity contribution in [3.8, 4) is 17.3 Å². The van der Waals surface area contributed by atoms with Crippen LogP contribution in [0.5, 0.6) is 11.5 Å². The molecule has 60 heavy (non-hydrogen) atoms. The second-order valence-electron chi connectivity index (χ2n) is 18.3. The Balaban J connectivity index is 0.943. The maximum Gasteiger partial charge on any atom is 0.137 e. The van der Waals surface area contributed by atoms with Gasteiger partial charge in [-0.3, -0.25) is 4.57 Å². The summed E-state index contributed by atoms with van der Waals surface area (Å²) in [5, 5.41) is 2.42. The lowest BCUT2D eigenvalue weighted by atomic mass is 9.42. The molecule has 13 rings (SSSR count). The minimum Gasteiger partial charge on any atom is -0.457 e. The fourth-order valence-electron chi connectivity index (χ4n) is 12.5. The van der Waals surface area contributed by atoms with Gasteiger partial charge >= 0.3 is 0 Å². The summed E-state index contributed by atoms with van der Waals surface area (Å²) < 4.78 is 9.17. The second-order valence-corrected chi connectivity index (χ2v) is 18.3. The summed E-state index contributed by atoms with van der Waals surface area (Å²) in [5.41, 5.74) is 14.1. The van der Waals surface area contributed by atoms with Gasteiger partial charge in [-0.15, -0.1) is 0 Å². The third-order valence-corrected chi connectivity index (χ3v) is 15.1. The summed E-state index contributed by atoms with van der Waals surface area (Å²) in [6.07, 6.45) is 8.87. The zero-order chi connectivity index (χ0) is 40.1. The first kappa shape index (κ1) is 35.6. The number of fused-ring (bicyclic) bond motifs is 4. The molecular weight excluding hydrogens is 733 g/mol. The first-order valence-electron chi connectivity index (χ1n) is 22.0. The number of benzene rings is 6. The van der Waals surface area contributed by atoms with Crippen LogP contribution in [0.15, 0.2) is 152 Å². The zero-order valence-corrected chi connectivity index (χ0v) is 34.7. The summed E-state index contributed by atoms with van der Waals surface area (Å²) in [4.78, 5) is 9.93. The molecule has 0 radical (unpaired) electrons. The summed E-state index contributed by atoms with van der Waals surface area (Å²) in [7, 11) is 0. The molecule has 5 nitrogen and oxygen atoms in total. The number of rotatable bonds is 7. The summed E-state index contributed by atoms with van der Waals surface area (Å²) in [6, 6.07) is 53.0. The van der Waals surface area contributed by atoms with E-state index in [1.807, 2.05) is 0 Å². The molecule has 0 atom stereocenters. The van der Waals surface area contributed by atoms with Crippen molar-refractivity contribution in [2.75, 3.05) is 16.5 Å². The number of hydrogen-bond donors (Lipinski definition) is 0. The van der Waals surface area contributed by atoms with E-state index in [9.17, 15) is 0 Å². The lowest BCUT2D eigenvalue weighted by Crippen LogP contribution is -2.56. The standard InChI is InChI=1S/C55H50N4O/c1-35-24-41(25-36(2)37(35)3)55(42-27-38-26-39(29-42)30-43(55)28-38)40-22-23-56-54(31-40)59-50-17-8-7-16-48(50)49-21-20-47(33-53(49)59)60-46-15-11-14-45(32-46)58-34-57(44-12-5-4-6-13-44)51-18-9-10-19-52(51)58/h4-25,31-33,38-39,42-43H,26-30,34H2,1-3H3. The minimum atomic E-state index is -0.0135. The highest BCUT2D eigenvalue weighted by molar-refractivity contribution is 6.09. The van der Waals surface area contributed by atoms with Gasteiger partial charge in [-0.05, 0) is 171 Å². The van der Waals surface area contributed by atoms with Crippen molar-refractivity contribution < 1.29 is 4.74 Å². The topological polar surface area (TPSA) is 33.5 Å². The average Bonchev–Trinajstić information content (AvgIpc) is 3.82. The van der Waals surface area contributed by atoms with E-state index in [0.29, 0.717) is 11.8 Å². The monoisotopic (exact) mass is 782 g/mol. The Morgan fingerprint density at radius 3 is 1.92 bits per heavy atom. The van der Waals surface area contributed by atoms with E-state index in [1.165, 1.54) is 87.8 Å². The van der Waals surface area contributed by atoms with E-state index in [4.69, 9.17) is 9.72 Å². The summed E-state index contributed by atoms with van der Waals surface area (Å²) >= 11 is 0. The molecule has 4 aliphatic carbocycles. The Labute approximate surface area is 352 Å². The van der Waals surface area contributed by atoms with Crippen molar-refractivity contribution in [1.82, 2.24) is 9.55 Å². The van der Waals surface area contributed by atoms with E-state index < -0.39 is 0 Å². The molecule has 5 heteroatoms. The smallest absolute Gasteiger partial charge is 0.137 e. The predicted octanol–water partition coefficient (Wildman–Crippen LogP) is 13.9. The number of para-hydroxylation sites is 4. The third-order valence-electron chi connectivity index (χ3n) is 15.1. The van der Waals surface area contributed by atoms with E-state index >= 15 is 0 Å². The van der Waals surface area contributed by atoms with Gasteiger partial charge in [0.25, 0.3) is 0 Å². The van der Waals surface area contributed by atoms with Gasteiger partial charge in [0.15, 0.2) is 0 Å². The average molecular weight is 783 g/mol. The quantitative estimate of drug-likeness (QED) is 0.161. The van der Waals surface area contributed by atoms with Gasteiger partial charge in [0.05, 0.1) is 22.4 Å². The number of pyridine rings is 1. The van der Waals surface area contributed by atoms with Crippen LogP contribution in [0.4, 0.5) is 22.7 Å². The van der Waals surface area contributed by atoms with Gasteiger partial charge in [0, 0.05) is 45.9 Å². The van der Waals surface area contributed by atoms with Crippen molar-refractivity contribution in [2.45, 2.75) is 58.3 Å². The van der Waals surface area contributed by atoms with Crippen LogP contribution in [0.1, 0.15) is 59.9 Å². The van der Waals surface area contributed by atoms with Crippen molar-refractivity contribution in [3.05, 3.63) is 180 Å². The van der Waals surface area contributed by atoms with Gasteiger partial charge in [-0.25, -0.2) is 4.98 Å². The Kier molecular flexibility index (Phi) is 8.07. The molecule has 0 unspecified atom stereocenters. The molecule has 4 bridgehead atoms. The maximum absolute atomic E-state index is 6.79. The fraction of sp³-hybridized carbons (Fsp3) is 0.255. The molecule has 5 aliphatic rings. The van der Waals surface area contributed by atoms with Crippen LogP contribution in [0.3, 0.4) is 0 Å². The van der Waals surface area contributed by atoms with Crippen molar-refractivity contribution in [3.63, 3.8) is 0 Å². The normalized spacial score (nSPS) is 22.9. The molecule has 0 saturated heterocycles. The number of anilines is 4. The van der Waals surface area contributed by atoms with E-state index in [2.05, 4.69) is 187 Å². The Hall–Kier alpha value is -6.33. The molecule has 4 saturated carbocycles. The highest BCUT2D eigenvalue weighted by atomic mass is 16.5. The molecule has 1 aliphatic heterocycles. The molecular formula is C55H50N4O. The van der Waals surface area contributed by atoms with Gasteiger partial charge in [0.1, 0.15) is 24.0 Å². The van der Waals surface area contributed by atoms with Crippen LogP contribution in [0.25, 0.3) is 27.6 Å². The van der Waals surface area contributed by atoms with E-state index in [0.717, 1.165) is 52.5 Å². The van der Waals surface area contributed by atoms with E-state index in [-0.39, 0.29) is 5.41 Å². The highest BCUT2D eigenvalue weighted by Crippen LogP contribution is 2.65. The molecule has 0 N–H and O–H groups in total. The van der Waals surface area contributed by atoms with Crippen LogP contribution < -0.4 is 14.5 Å². The lowest BCUT2D eigenvalue weighted by molar-refractivity contribution is -0.0419. The van der Waals surface area contributed by atoms with Crippen LogP contribution in [0.2, 0.25) is 0 Å². The Morgan fingerprint density at radius 1 is 0.533 bits per heavy atom. The van der Waals surface area contributed by atoms with Crippen molar-refractivity contribution >= 4 is 44.6 Å². The Morgan fingerprint density at radius 2 is 1.17 bits per heavy atom. The first-order chi connectivity index (χ1) is 29.4. The number of ether oxygens (including phenoxy) is 1. The van der Waals surface area contributed by atoms with Gasteiger partial charge in [0.2, 0.25) is 0 Å². The first-order valence-corrected chi connectivity index (χ1v) is 22.0. The minimum absolute atomic E-state index is 0.0135. The number of aromatic nitrogens is 2. The molecule has 0 spiro atoms. The van der Waals surface area contributed by atoms with Gasteiger partial charge < -0.3 is 14.5 Å².